The number of hydrogen-bond donors (Lipinski definition) is 1. The number of benzene rings is 1. The standard InChI is InChI=1S/C19H24N2OS2/c22-18(11-12-23-16-9-5-2-6-10-16)20-13-19-21-17(14-24-19)15-7-3-1-4-8-15/h2,5-6,9-10,14-15H,1,3-4,7-8,11-13H2,(H,20,22). The second-order valence-electron chi connectivity index (χ2n) is 6.19. The highest BCUT2D eigenvalue weighted by Gasteiger charge is 2.18. The number of amides is 1. The summed E-state index contributed by atoms with van der Waals surface area (Å²) < 4.78 is 0. The van der Waals surface area contributed by atoms with Crippen LogP contribution < -0.4 is 5.32 Å². The van der Waals surface area contributed by atoms with Crippen LogP contribution in [0.2, 0.25) is 0 Å². The van der Waals surface area contributed by atoms with E-state index in [1.165, 1.54) is 42.7 Å². The number of thiazole rings is 1. The zero-order chi connectivity index (χ0) is 16.6. The third-order valence-electron chi connectivity index (χ3n) is 4.37. The molecule has 0 atom stereocenters. The molecule has 0 bridgehead atoms. The molecule has 5 heteroatoms. The molecule has 0 spiro atoms. The summed E-state index contributed by atoms with van der Waals surface area (Å²) in [6, 6.07) is 10.2. The van der Waals surface area contributed by atoms with Gasteiger partial charge in [-0.05, 0) is 25.0 Å². The average molecular weight is 361 g/mol. The first-order valence-electron chi connectivity index (χ1n) is 8.70. The van der Waals surface area contributed by atoms with E-state index in [9.17, 15) is 4.79 Å². The van der Waals surface area contributed by atoms with Gasteiger partial charge in [0.2, 0.25) is 5.91 Å². The van der Waals surface area contributed by atoms with E-state index in [-0.39, 0.29) is 5.91 Å². The lowest BCUT2D eigenvalue weighted by Gasteiger charge is -2.19. The van der Waals surface area contributed by atoms with Gasteiger partial charge in [0.05, 0.1) is 12.2 Å². The first-order valence-corrected chi connectivity index (χ1v) is 10.6. The number of nitrogens with one attached hydrogen (secondary N) is 1. The second-order valence-corrected chi connectivity index (χ2v) is 8.30. The first-order chi connectivity index (χ1) is 11.8. The Balaban J connectivity index is 1.37. The summed E-state index contributed by atoms with van der Waals surface area (Å²) in [4.78, 5) is 17.9. The van der Waals surface area contributed by atoms with E-state index in [0.717, 1.165) is 10.8 Å². The molecule has 1 aliphatic rings. The largest absolute Gasteiger partial charge is 0.350 e. The van der Waals surface area contributed by atoms with Crippen molar-refractivity contribution in [2.24, 2.45) is 0 Å². The van der Waals surface area contributed by atoms with Crippen LogP contribution in [-0.2, 0) is 11.3 Å². The zero-order valence-electron chi connectivity index (χ0n) is 13.9. The smallest absolute Gasteiger partial charge is 0.221 e. The Morgan fingerprint density at radius 3 is 2.79 bits per heavy atom. The third kappa shape index (κ3) is 5.35. The van der Waals surface area contributed by atoms with Crippen LogP contribution in [0.4, 0.5) is 0 Å². The van der Waals surface area contributed by atoms with Gasteiger partial charge < -0.3 is 5.32 Å². The fourth-order valence-electron chi connectivity index (χ4n) is 3.03. The average Bonchev–Trinajstić information content (AvgIpc) is 3.11. The van der Waals surface area contributed by atoms with Gasteiger partial charge in [-0.15, -0.1) is 23.1 Å². The topological polar surface area (TPSA) is 42.0 Å². The number of carbonyl (C=O) groups excluding carboxylic acids is 1. The molecule has 0 unspecified atom stereocenters. The SMILES string of the molecule is O=C(CCSc1ccccc1)NCc1nc(C2CCCCC2)cs1. The molecule has 0 aliphatic heterocycles. The summed E-state index contributed by atoms with van der Waals surface area (Å²) >= 11 is 3.39. The molecular weight excluding hydrogens is 336 g/mol. The Bertz CT molecular complexity index is 636. The van der Waals surface area contributed by atoms with Crippen molar-refractivity contribution in [2.45, 2.75) is 55.9 Å². The van der Waals surface area contributed by atoms with E-state index in [1.54, 1.807) is 23.1 Å². The highest BCUT2D eigenvalue weighted by Crippen LogP contribution is 2.33. The molecule has 2 aromatic rings. The fraction of sp³-hybridized carbons (Fsp3) is 0.474. The van der Waals surface area contributed by atoms with E-state index in [4.69, 9.17) is 4.98 Å². The van der Waals surface area contributed by atoms with Crippen LogP contribution in [0.15, 0.2) is 40.6 Å². The lowest BCUT2D eigenvalue weighted by Crippen LogP contribution is -2.23. The normalized spacial score (nSPS) is 15.3. The summed E-state index contributed by atoms with van der Waals surface area (Å²) in [5.41, 5.74) is 1.24. The van der Waals surface area contributed by atoms with E-state index >= 15 is 0 Å². The molecular formula is C19H24N2OS2. The van der Waals surface area contributed by atoms with Crippen LogP contribution in [0.25, 0.3) is 0 Å². The molecule has 3 nitrogen and oxygen atoms in total. The molecule has 1 aromatic carbocycles. The number of thioether (sulfide) groups is 1. The summed E-state index contributed by atoms with van der Waals surface area (Å²) in [6.45, 7) is 0.562. The van der Waals surface area contributed by atoms with Crippen LogP contribution in [-0.4, -0.2) is 16.6 Å². The summed E-state index contributed by atoms with van der Waals surface area (Å²) in [7, 11) is 0. The van der Waals surface area contributed by atoms with Gasteiger partial charge in [0.15, 0.2) is 0 Å². The molecule has 1 heterocycles. The van der Waals surface area contributed by atoms with E-state index in [1.807, 2.05) is 18.2 Å². The molecule has 1 amide bonds. The van der Waals surface area contributed by atoms with Gasteiger partial charge in [0.1, 0.15) is 5.01 Å². The van der Waals surface area contributed by atoms with E-state index < -0.39 is 0 Å². The Morgan fingerprint density at radius 2 is 2.00 bits per heavy atom. The van der Waals surface area contributed by atoms with Crippen LogP contribution >= 0.6 is 23.1 Å². The van der Waals surface area contributed by atoms with Gasteiger partial charge in [-0.25, -0.2) is 4.98 Å². The van der Waals surface area contributed by atoms with Crippen molar-refractivity contribution < 1.29 is 4.79 Å². The predicted octanol–water partition coefficient (Wildman–Crippen LogP) is 4.99. The Hall–Kier alpha value is -1.33. The molecule has 0 saturated heterocycles. The van der Waals surface area contributed by atoms with Crippen LogP contribution in [0.5, 0.6) is 0 Å². The quantitative estimate of drug-likeness (QED) is 0.707. The first kappa shape index (κ1) is 17.5. The van der Waals surface area contributed by atoms with Gasteiger partial charge >= 0.3 is 0 Å². The maximum Gasteiger partial charge on any atom is 0.221 e. The predicted molar refractivity (Wildman–Crippen MR) is 102 cm³/mol. The lowest BCUT2D eigenvalue weighted by molar-refractivity contribution is -0.120. The van der Waals surface area contributed by atoms with E-state index in [2.05, 4.69) is 22.8 Å². The van der Waals surface area contributed by atoms with Gasteiger partial charge in [0, 0.05) is 28.4 Å². The summed E-state index contributed by atoms with van der Waals surface area (Å²) in [5.74, 6) is 1.55. The number of nitrogens with zero attached hydrogens (tertiary/aromatic N) is 1. The van der Waals surface area contributed by atoms with Crippen molar-refractivity contribution in [3.05, 3.63) is 46.4 Å². The minimum Gasteiger partial charge on any atom is -0.350 e. The van der Waals surface area contributed by atoms with Gasteiger partial charge in [0.25, 0.3) is 0 Å². The highest BCUT2D eigenvalue weighted by atomic mass is 32.2. The van der Waals surface area contributed by atoms with Crippen LogP contribution in [0, 0.1) is 0 Å². The molecule has 1 aliphatic carbocycles. The van der Waals surface area contributed by atoms with Crippen molar-refractivity contribution in [3.8, 4) is 0 Å². The van der Waals surface area contributed by atoms with Gasteiger partial charge in [-0.2, -0.15) is 0 Å². The molecule has 1 fully saturated rings. The summed E-state index contributed by atoms with van der Waals surface area (Å²) in [6.07, 6.45) is 7.10. The highest BCUT2D eigenvalue weighted by molar-refractivity contribution is 7.99. The molecule has 1 saturated carbocycles. The van der Waals surface area contributed by atoms with Gasteiger partial charge in [-0.3, -0.25) is 4.79 Å². The molecule has 3 rings (SSSR count). The van der Waals surface area contributed by atoms with E-state index in [0.29, 0.717) is 18.9 Å². The zero-order valence-corrected chi connectivity index (χ0v) is 15.5. The number of rotatable bonds is 7. The van der Waals surface area contributed by atoms with Crippen LogP contribution in [0.1, 0.15) is 55.1 Å². The Morgan fingerprint density at radius 1 is 1.21 bits per heavy atom. The van der Waals surface area contributed by atoms with Crippen LogP contribution in [0.3, 0.4) is 0 Å². The Labute approximate surface area is 152 Å². The lowest BCUT2D eigenvalue weighted by atomic mass is 9.87. The Kier molecular flexibility index (Phi) is 6.73. The monoisotopic (exact) mass is 360 g/mol. The van der Waals surface area contributed by atoms with Crippen molar-refractivity contribution in [1.29, 1.82) is 0 Å². The minimum absolute atomic E-state index is 0.104. The minimum atomic E-state index is 0.104. The summed E-state index contributed by atoms with van der Waals surface area (Å²) in [5, 5.41) is 6.21. The molecule has 0 radical (unpaired) electrons. The molecule has 128 valence electrons. The molecule has 1 aromatic heterocycles. The number of carbonyl (C=O) groups is 1. The van der Waals surface area contributed by atoms with Crippen molar-refractivity contribution in [3.63, 3.8) is 0 Å². The van der Waals surface area contributed by atoms with Gasteiger partial charge in [-0.1, -0.05) is 37.5 Å². The molecule has 24 heavy (non-hydrogen) atoms. The van der Waals surface area contributed by atoms with Crippen molar-refractivity contribution in [1.82, 2.24) is 10.3 Å². The van der Waals surface area contributed by atoms with Crippen molar-refractivity contribution >= 4 is 29.0 Å². The fourth-order valence-corrected chi connectivity index (χ4v) is 4.72. The number of hydrogen-bond acceptors (Lipinski definition) is 4. The van der Waals surface area contributed by atoms with Crippen molar-refractivity contribution in [2.75, 3.05) is 5.75 Å². The third-order valence-corrected chi connectivity index (χ3v) is 6.25. The maximum absolute atomic E-state index is 12.0. The number of aromatic nitrogens is 1. The molecule has 1 N–H and O–H groups in total. The maximum atomic E-state index is 12.0. The second kappa shape index (κ2) is 9.23.